The number of amides is 3. The van der Waals surface area contributed by atoms with Gasteiger partial charge in [0.15, 0.2) is 11.1 Å². The van der Waals surface area contributed by atoms with Crippen molar-refractivity contribution in [2.75, 3.05) is 13.7 Å². The fourth-order valence-electron chi connectivity index (χ4n) is 6.71. The number of nitrogens with zero attached hydrogens (tertiary/aromatic N) is 1. The maximum atomic E-state index is 15.8. The molecule has 0 aliphatic carbocycles. The fourth-order valence-corrected chi connectivity index (χ4v) is 7.63. The van der Waals surface area contributed by atoms with Crippen LogP contribution in [0.15, 0.2) is 72.8 Å². The van der Waals surface area contributed by atoms with Gasteiger partial charge in [-0.1, -0.05) is 68.4 Å². The van der Waals surface area contributed by atoms with Crippen LogP contribution in [0.4, 0.5) is 35.1 Å². The zero-order valence-corrected chi connectivity index (χ0v) is 31.9. The Kier molecular flexibility index (Phi) is 14.4. The van der Waals surface area contributed by atoms with Crippen molar-refractivity contribution in [2.45, 2.75) is 74.9 Å². The molecule has 0 spiro atoms. The van der Waals surface area contributed by atoms with Gasteiger partial charge < -0.3 is 30.6 Å². The lowest BCUT2D eigenvalue weighted by atomic mass is 9.95. The number of methoxy groups -OCH3 is 1. The maximum Gasteiger partial charge on any atom is 0.452 e. The number of nitrogens with two attached hydrogens (primary N) is 1. The number of Topliss-reactive ketones (excluding diaryl/α,β-unsaturated/α-hetero) is 1. The molecule has 0 saturated carbocycles. The molecule has 3 amide bonds. The second-order valence-corrected chi connectivity index (χ2v) is 15.0. The van der Waals surface area contributed by atoms with Crippen LogP contribution < -0.4 is 21.1 Å². The lowest BCUT2D eigenvalue weighted by Gasteiger charge is -2.31. The van der Waals surface area contributed by atoms with Gasteiger partial charge in [0, 0.05) is 25.1 Å². The van der Waals surface area contributed by atoms with Gasteiger partial charge in [0.2, 0.25) is 11.8 Å². The van der Waals surface area contributed by atoms with Crippen molar-refractivity contribution in [2.24, 2.45) is 17.6 Å². The van der Waals surface area contributed by atoms with Crippen LogP contribution in [-0.2, 0) is 55.3 Å². The second kappa shape index (κ2) is 18.3. The highest BCUT2D eigenvalue weighted by Gasteiger charge is 2.52. The maximum absolute atomic E-state index is 15.8. The number of benzene rings is 3. The summed E-state index contributed by atoms with van der Waals surface area (Å²) in [4.78, 5) is 54.9. The van der Waals surface area contributed by atoms with E-state index in [0.29, 0.717) is 23.4 Å². The highest BCUT2D eigenvalue weighted by molar-refractivity contribution is 7.79. The van der Waals surface area contributed by atoms with Crippen LogP contribution in [0.5, 0.6) is 5.75 Å². The number of alkyl halides is 8. The van der Waals surface area contributed by atoms with Crippen LogP contribution in [-0.4, -0.2) is 75.1 Å². The summed E-state index contributed by atoms with van der Waals surface area (Å²) in [5.41, 5.74) is 3.12. The predicted molar refractivity (Wildman–Crippen MR) is 193 cm³/mol. The van der Waals surface area contributed by atoms with E-state index in [4.69, 9.17) is 10.5 Å². The Labute approximate surface area is 329 Å². The minimum absolute atomic E-state index is 0.0754. The molecule has 0 bridgehead atoms. The first-order valence-electron chi connectivity index (χ1n) is 17.6. The van der Waals surface area contributed by atoms with Crippen LogP contribution in [0.1, 0.15) is 53.3 Å². The molecule has 6 atom stereocenters. The Morgan fingerprint density at radius 2 is 1.45 bits per heavy atom. The van der Waals surface area contributed by atoms with Gasteiger partial charge in [-0.2, -0.15) is 35.1 Å². The molecule has 1 saturated heterocycles. The number of likely N-dealkylation sites (tertiary alicyclic amines) is 1. The van der Waals surface area contributed by atoms with Crippen molar-refractivity contribution < 1.29 is 67.8 Å². The van der Waals surface area contributed by atoms with Crippen LogP contribution in [0.2, 0.25) is 0 Å². The van der Waals surface area contributed by atoms with E-state index >= 15 is 8.78 Å². The van der Waals surface area contributed by atoms with Crippen molar-refractivity contribution in [1.82, 2.24) is 15.5 Å². The molecule has 20 heteroatoms. The Morgan fingerprint density at radius 1 is 0.879 bits per heavy atom. The van der Waals surface area contributed by atoms with E-state index in [-0.39, 0.29) is 17.7 Å². The summed E-state index contributed by atoms with van der Waals surface area (Å²) in [6.45, 7) is 1.89. The number of carbonyl (C=O) groups is 4. The molecule has 316 valence electrons. The average molecular weight is 849 g/mol. The molecule has 1 fully saturated rings. The molecule has 1 heterocycles. The normalized spacial score (nSPS) is 18.3. The number of ketones is 1. The van der Waals surface area contributed by atoms with E-state index in [1.165, 1.54) is 69.5 Å². The van der Waals surface area contributed by atoms with Crippen LogP contribution in [0.25, 0.3) is 0 Å². The van der Waals surface area contributed by atoms with E-state index in [1.54, 1.807) is 0 Å². The van der Waals surface area contributed by atoms with Gasteiger partial charge in [0.05, 0.1) is 24.0 Å². The molecular weight excluding hydrogens is 808 g/mol. The van der Waals surface area contributed by atoms with Gasteiger partial charge in [-0.25, -0.2) is 4.21 Å². The summed E-state index contributed by atoms with van der Waals surface area (Å²) < 4.78 is 142. The van der Waals surface area contributed by atoms with Gasteiger partial charge in [0.25, 0.3) is 11.7 Å². The summed E-state index contributed by atoms with van der Waals surface area (Å²) in [6.07, 6.45) is -11.8. The first-order chi connectivity index (χ1) is 27.0. The zero-order chi connectivity index (χ0) is 43.3. The lowest BCUT2D eigenvalue weighted by Crippen LogP contribution is -2.58. The Morgan fingerprint density at radius 3 is 1.95 bits per heavy atom. The predicted octanol–water partition coefficient (Wildman–Crippen LogP) is 5.44. The van der Waals surface area contributed by atoms with Gasteiger partial charge in [-0.3, -0.25) is 19.2 Å². The van der Waals surface area contributed by atoms with Gasteiger partial charge in [-0.05, 0) is 53.1 Å². The molecular formula is C38H40F8N4O7S. The standard InChI is InChI=1S/C38H40F8N4O7S/c1-20(2)30(32(51)38(44,45)46)49-33(52)29-17-24(31(58(55)56)23-12-14-25(57-3)15-13-23)19-50(29)34(53)28(16-21-8-10-22(18-47)11-9-21)48-35(54)36(39,40)26-6-4-5-7-27(26)37(41,42)43/h4-15,20,24,28-31H,16-19,47H2,1-3H3,(H,48,54)(H,49,52)(H,55,56)/t24-,28+,29+,30+,31?/m1/s1. The quantitative estimate of drug-likeness (QED) is 0.116. The number of rotatable bonds is 15. The van der Waals surface area contributed by atoms with Crippen molar-refractivity contribution in [1.29, 1.82) is 0 Å². The smallest absolute Gasteiger partial charge is 0.452 e. The highest BCUT2D eigenvalue weighted by Crippen LogP contribution is 2.41. The minimum Gasteiger partial charge on any atom is -0.497 e. The third kappa shape index (κ3) is 10.6. The van der Waals surface area contributed by atoms with Crippen molar-refractivity contribution in [3.63, 3.8) is 0 Å². The Balaban J connectivity index is 1.81. The number of hydrogen-bond donors (Lipinski definition) is 4. The Bertz CT molecular complexity index is 1980. The van der Waals surface area contributed by atoms with Gasteiger partial charge in [-0.15, -0.1) is 0 Å². The van der Waals surface area contributed by atoms with Crippen LogP contribution in [0.3, 0.4) is 0 Å². The summed E-state index contributed by atoms with van der Waals surface area (Å²) in [5, 5.41) is 2.48. The molecule has 5 N–H and O–H groups in total. The third-order valence-electron chi connectivity index (χ3n) is 9.69. The first kappa shape index (κ1) is 45.7. The first-order valence-corrected chi connectivity index (χ1v) is 18.8. The zero-order valence-electron chi connectivity index (χ0n) is 31.1. The van der Waals surface area contributed by atoms with Gasteiger partial charge in [0.1, 0.15) is 17.8 Å². The van der Waals surface area contributed by atoms with E-state index in [9.17, 15) is 54.3 Å². The van der Waals surface area contributed by atoms with Crippen molar-refractivity contribution >= 4 is 34.6 Å². The molecule has 1 aliphatic rings. The molecule has 3 aromatic rings. The van der Waals surface area contributed by atoms with Crippen LogP contribution >= 0.6 is 0 Å². The van der Waals surface area contributed by atoms with Crippen molar-refractivity contribution in [3.8, 4) is 5.75 Å². The summed E-state index contributed by atoms with van der Waals surface area (Å²) in [5.74, 6) is -14.1. The highest BCUT2D eigenvalue weighted by atomic mass is 32.2. The number of ether oxygens (including phenoxy) is 1. The fraction of sp³-hybridized carbons (Fsp3) is 0.421. The van der Waals surface area contributed by atoms with E-state index in [0.717, 1.165) is 17.0 Å². The molecule has 4 rings (SSSR count). The summed E-state index contributed by atoms with van der Waals surface area (Å²) >= 11 is -2.73. The Hall–Kier alpha value is -4.95. The monoisotopic (exact) mass is 848 g/mol. The second-order valence-electron chi connectivity index (χ2n) is 13.9. The molecule has 3 aromatic carbocycles. The van der Waals surface area contributed by atoms with E-state index < -0.39 is 119 Å². The topological polar surface area (TPSA) is 168 Å². The average Bonchev–Trinajstić information content (AvgIpc) is 3.60. The largest absolute Gasteiger partial charge is 0.497 e. The number of halogens is 8. The molecule has 11 nitrogen and oxygen atoms in total. The summed E-state index contributed by atoms with van der Waals surface area (Å²) in [7, 11) is 1.36. The van der Waals surface area contributed by atoms with Crippen molar-refractivity contribution in [3.05, 3.63) is 101 Å². The van der Waals surface area contributed by atoms with E-state index in [2.05, 4.69) is 0 Å². The molecule has 58 heavy (non-hydrogen) atoms. The number of nitrogens with one attached hydrogen (secondary N) is 2. The molecule has 2 unspecified atom stereocenters. The van der Waals surface area contributed by atoms with Crippen LogP contribution in [0, 0.1) is 11.8 Å². The molecule has 1 aliphatic heterocycles. The number of hydrogen-bond acceptors (Lipinski definition) is 7. The van der Waals surface area contributed by atoms with E-state index in [1.807, 2.05) is 10.6 Å². The van der Waals surface area contributed by atoms with Gasteiger partial charge >= 0.3 is 18.3 Å². The minimum atomic E-state index is -5.39. The third-order valence-corrected chi connectivity index (χ3v) is 10.8. The molecule has 0 aromatic heterocycles. The SMILES string of the molecule is COc1ccc(C([C@@H]2C[C@@H](C(=O)N[C@H](C(=O)C(F)(F)F)C(C)C)N(C(=O)[C@H](Cc3ccc(CN)cc3)NC(=O)C(F)(F)c3ccccc3C(F)(F)F)C2)S(=O)O)cc1. The summed E-state index contributed by atoms with van der Waals surface area (Å²) in [6, 6.07) is 7.98. The molecule has 0 radical (unpaired) electrons. The lowest BCUT2D eigenvalue weighted by molar-refractivity contribution is -0.175. The number of carbonyl (C=O) groups excluding carboxylic acids is 4.